The van der Waals surface area contributed by atoms with E-state index in [2.05, 4.69) is 39.2 Å². The van der Waals surface area contributed by atoms with Crippen LogP contribution in [0.2, 0.25) is 10.0 Å². The van der Waals surface area contributed by atoms with Gasteiger partial charge in [0.1, 0.15) is 0 Å². The van der Waals surface area contributed by atoms with E-state index in [1.54, 1.807) is 6.07 Å². The van der Waals surface area contributed by atoms with Crippen molar-refractivity contribution in [2.45, 2.75) is 6.54 Å². The molecule has 0 radical (unpaired) electrons. The summed E-state index contributed by atoms with van der Waals surface area (Å²) in [5.74, 6) is 0. The van der Waals surface area contributed by atoms with Crippen molar-refractivity contribution in [3.05, 3.63) is 74.5 Å². The van der Waals surface area contributed by atoms with Crippen molar-refractivity contribution < 1.29 is 0 Å². The fourth-order valence-corrected chi connectivity index (χ4v) is 3.61. The molecule has 1 aromatic heterocycles. The second-order valence-electron chi connectivity index (χ2n) is 6.64. The SMILES string of the molecule is CN1CCN(c2ccc(Cl)c(Cl)c2)c2ccc(-c3ccc(=O)[nH]n3)cc2C1. The van der Waals surface area contributed by atoms with Gasteiger partial charge in [0.2, 0.25) is 0 Å². The number of nitrogens with zero attached hydrogens (tertiary/aromatic N) is 3. The molecule has 4 rings (SSSR count). The predicted octanol–water partition coefficient (Wildman–Crippen LogP) is 4.33. The van der Waals surface area contributed by atoms with Gasteiger partial charge in [0.05, 0.1) is 15.7 Å². The fourth-order valence-electron chi connectivity index (χ4n) is 3.32. The zero-order valence-electron chi connectivity index (χ0n) is 14.7. The van der Waals surface area contributed by atoms with Crippen molar-refractivity contribution in [1.29, 1.82) is 0 Å². The van der Waals surface area contributed by atoms with Gasteiger partial charge < -0.3 is 9.80 Å². The van der Waals surface area contributed by atoms with E-state index in [0.29, 0.717) is 10.0 Å². The number of nitrogens with one attached hydrogen (secondary N) is 1. The van der Waals surface area contributed by atoms with Gasteiger partial charge in [-0.2, -0.15) is 5.10 Å². The van der Waals surface area contributed by atoms with Crippen LogP contribution in [0, 0.1) is 0 Å². The molecular weight excluding hydrogens is 383 g/mol. The first-order chi connectivity index (χ1) is 13.0. The molecule has 0 bridgehead atoms. The summed E-state index contributed by atoms with van der Waals surface area (Å²) in [6.45, 7) is 2.59. The van der Waals surface area contributed by atoms with E-state index < -0.39 is 0 Å². The Morgan fingerprint density at radius 1 is 1.00 bits per heavy atom. The van der Waals surface area contributed by atoms with E-state index in [-0.39, 0.29) is 5.56 Å². The van der Waals surface area contributed by atoms with Gasteiger partial charge in [-0.25, -0.2) is 5.10 Å². The maximum absolute atomic E-state index is 11.3. The largest absolute Gasteiger partial charge is 0.340 e. The predicted molar refractivity (Wildman–Crippen MR) is 110 cm³/mol. The third-order valence-corrected chi connectivity index (χ3v) is 5.44. The number of aromatic nitrogens is 2. The molecule has 3 aromatic rings. The van der Waals surface area contributed by atoms with Crippen LogP contribution >= 0.6 is 23.2 Å². The molecular formula is C20H18Cl2N4O. The molecule has 0 saturated heterocycles. The Bertz CT molecular complexity index is 1030. The summed E-state index contributed by atoms with van der Waals surface area (Å²) >= 11 is 12.3. The zero-order valence-corrected chi connectivity index (χ0v) is 16.3. The third kappa shape index (κ3) is 3.72. The van der Waals surface area contributed by atoms with Gasteiger partial charge in [0.15, 0.2) is 0 Å². The first-order valence-corrected chi connectivity index (χ1v) is 9.37. The highest BCUT2D eigenvalue weighted by molar-refractivity contribution is 6.42. The van der Waals surface area contributed by atoms with Crippen molar-refractivity contribution in [3.63, 3.8) is 0 Å². The van der Waals surface area contributed by atoms with Gasteiger partial charge in [-0.1, -0.05) is 29.3 Å². The van der Waals surface area contributed by atoms with E-state index in [1.807, 2.05) is 24.3 Å². The number of fused-ring (bicyclic) bond motifs is 1. The Kier molecular flexibility index (Phi) is 4.91. The first kappa shape index (κ1) is 18.0. The molecule has 2 heterocycles. The molecule has 27 heavy (non-hydrogen) atoms. The summed E-state index contributed by atoms with van der Waals surface area (Å²) in [7, 11) is 2.10. The number of H-pyrrole nitrogens is 1. The number of benzene rings is 2. The minimum absolute atomic E-state index is 0.209. The molecule has 7 heteroatoms. The minimum Gasteiger partial charge on any atom is -0.340 e. The van der Waals surface area contributed by atoms with Crippen molar-refractivity contribution in [3.8, 4) is 11.3 Å². The molecule has 0 aliphatic carbocycles. The first-order valence-electron chi connectivity index (χ1n) is 8.61. The third-order valence-electron chi connectivity index (χ3n) is 4.71. The second kappa shape index (κ2) is 7.35. The second-order valence-corrected chi connectivity index (χ2v) is 7.45. The quantitative estimate of drug-likeness (QED) is 0.695. The summed E-state index contributed by atoms with van der Waals surface area (Å²) in [5, 5.41) is 7.73. The average molecular weight is 401 g/mol. The summed E-state index contributed by atoms with van der Waals surface area (Å²) < 4.78 is 0. The number of likely N-dealkylation sites (N-methyl/N-ethyl adjacent to an activating group) is 1. The zero-order chi connectivity index (χ0) is 19.0. The Balaban J connectivity index is 1.79. The van der Waals surface area contributed by atoms with Crippen molar-refractivity contribution in [1.82, 2.24) is 15.1 Å². The molecule has 1 aliphatic rings. The van der Waals surface area contributed by atoms with E-state index in [1.165, 1.54) is 11.6 Å². The van der Waals surface area contributed by atoms with Crippen LogP contribution in [-0.2, 0) is 6.54 Å². The highest BCUT2D eigenvalue weighted by atomic mass is 35.5. The lowest BCUT2D eigenvalue weighted by molar-refractivity contribution is 0.343. The van der Waals surface area contributed by atoms with Gasteiger partial charge in [0, 0.05) is 42.6 Å². The Morgan fingerprint density at radius 2 is 1.85 bits per heavy atom. The number of hydrogen-bond acceptors (Lipinski definition) is 4. The van der Waals surface area contributed by atoms with Crippen LogP contribution in [0.3, 0.4) is 0 Å². The van der Waals surface area contributed by atoms with E-state index >= 15 is 0 Å². The van der Waals surface area contributed by atoms with Crippen LogP contribution in [0.25, 0.3) is 11.3 Å². The topological polar surface area (TPSA) is 52.2 Å². The molecule has 1 N–H and O–H groups in total. The van der Waals surface area contributed by atoms with Gasteiger partial charge in [-0.3, -0.25) is 4.79 Å². The van der Waals surface area contributed by atoms with Crippen LogP contribution in [-0.4, -0.2) is 35.2 Å². The molecule has 0 saturated carbocycles. The Hall–Kier alpha value is -2.34. The minimum atomic E-state index is -0.209. The maximum atomic E-state index is 11.3. The molecule has 0 unspecified atom stereocenters. The van der Waals surface area contributed by atoms with Crippen molar-refractivity contribution >= 4 is 34.6 Å². The normalized spacial score (nSPS) is 14.7. The van der Waals surface area contributed by atoms with Crippen molar-refractivity contribution in [2.75, 3.05) is 25.0 Å². The molecule has 0 amide bonds. The number of halogens is 2. The molecule has 2 aromatic carbocycles. The number of aromatic amines is 1. The standard InChI is InChI=1S/C20H18Cl2N4O/c1-25-8-9-26(15-3-4-16(21)17(22)11-15)19-6-2-13(10-14(19)12-25)18-5-7-20(27)24-23-18/h2-7,10-11H,8-9,12H2,1H3,(H,24,27). The fraction of sp³-hybridized carbons (Fsp3) is 0.200. The van der Waals surface area contributed by atoms with Crippen LogP contribution in [0.4, 0.5) is 11.4 Å². The van der Waals surface area contributed by atoms with E-state index in [0.717, 1.165) is 42.3 Å². The number of rotatable bonds is 2. The molecule has 1 aliphatic heterocycles. The lowest BCUT2D eigenvalue weighted by Crippen LogP contribution is -2.26. The van der Waals surface area contributed by atoms with Crippen LogP contribution in [0.5, 0.6) is 0 Å². The van der Waals surface area contributed by atoms with Gasteiger partial charge >= 0.3 is 0 Å². The molecule has 0 spiro atoms. The summed E-state index contributed by atoms with van der Waals surface area (Å²) in [6.07, 6.45) is 0. The lowest BCUT2D eigenvalue weighted by Gasteiger charge is -2.25. The van der Waals surface area contributed by atoms with Gasteiger partial charge in [-0.05, 0) is 49.0 Å². The molecule has 0 atom stereocenters. The number of anilines is 2. The highest BCUT2D eigenvalue weighted by Crippen LogP contribution is 2.36. The van der Waals surface area contributed by atoms with Crippen molar-refractivity contribution in [2.24, 2.45) is 0 Å². The van der Waals surface area contributed by atoms with E-state index in [4.69, 9.17) is 23.2 Å². The molecule has 138 valence electrons. The highest BCUT2D eigenvalue weighted by Gasteiger charge is 2.20. The summed E-state index contributed by atoms with van der Waals surface area (Å²) in [6, 6.07) is 15.2. The van der Waals surface area contributed by atoms with Crippen LogP contribution < -0.4 is 10.5 Å². The van der Waals surface area contributed by atoms with Crippen LogP contribution in [0.15, 0.2) is 53.3 Å². The number of hydrogen-bond donors (Lipinski definition) is 1. The average Bonchev–Trinajstić information content (AvgIpc) is 2.82. The lowest BCUT2D eigenvalue weighted by atomic mass is 10.0. The Morgan fingerprint density at radius 3 is 2.59 bits per heavy atom. The summed E-state index contributed by atoms with van der Waals surface area (Å²) in [5.41, 5.74) is 4.83. The summed E-state index contributed by atoms with van der Waals surface area (Å²) in [4.78, 5) is 15.8. The smallest absolute Gasteiger partial charge is 0.264 e. The maximum Gasteiger partial charge on any atom is 0.264 e. The monoisotopic (exact) mass is 400 g/mol. The van der Waals surface area contributed by atoms with Gasteiger partial charge in [-0.15, -0.1) is 0 Å². The van der Waals surface area contributed by atoms with E-state index in [9.17, 15) is 4.79 Å². The van der Waals surface area contributed by atoms with Gasteiger partial charge in [0.25, 0.3) is 5.56 Å². The Labute approximate surface area is 167 Å². The molecule has 5 nitrogen and oxygen atoms in total. The molecule has 0 fully saturated rings. The van der Waals surface area contributed by atoms with Crippen LogP contribution in [0.1, 0.15) is 5.56 Å².